The molecular weight excluding hydrogens is 640 g/mol. The lowest BCUT2D eigenvalue weighted by atomic mass is 10.0. The number of carbonyl (C=O) groups is 3. The van der Waals surface area contributed by atoms with Gasteiger partial charge < -0.3 is 31.2 Å². The number of nitrogens with one attached hydrogen (secondary N) is 5. The molecule has 5 rings (SSSR count). The number of aromatic amines is 1. The van der Waals surface area contributed by atoms with Crippen molar-refractivity contribution >= 4 is 47.0 Å². The van der Waals surface area contributed by atoms with Gasteiger partial charge in [0.15, 0.2) is 11.6 Å². The molecule has 3 amide bonds. The molecule has 12 heteroatoms. The van der Waals surface area contributed by atoms with Crippen molar-refractivity contribution in [1.29, 1.82) is 0 Å². The van der Waals surface area contributed by atoms with Gasteiger partial charge in [0.25, 0.3) is 17.7 Å². The molecule has 0 saturated carbocycles. The van der Waals surface area contributed by atoms with Gasteiger partial charge in [0, 0.05) is 55.0 Å². The normalized spacial score (nSPS) is 13.2. The minimum Gasteiger partial charge on any atom is -0.366 e. The SMILES string of the molecule is CCN(CC)CCNC(=O)c1c(C)[nH]c(/C=C2\C(=O)Nc3cc(/C=C/CNc4ncccc4C(=O)NCc4ccc(F)c(F)c4)ccc32)c1C. The molecule has 10 nitrogen and oxygen atoms in total. The van der Waals surface area contributed by atoms with Gasteiger partial charge in [-0.2, -0.15) is 0 Å². The number of amides is 3. The number of carbonyl (C=O) groups excluding carboxylic acids is 3. The number of aryl methyl sites for hydroxylation is 1. The Kier molecular flexibility index (Phi) is 11.6. The number of hydrogen-bond acceptors (Lipinski definition) is 6. The summed E-state index contributed by atoms with van der Waals surface area (Å²) in [5.74, 6) is -2.35. The van der Waals surface area contributed by atoms with Crippen LogP contribution in [0.25, 0.3) is 17.7 Å². The fraction of sp³-hybridized carbons (Fsp3) is 0.263. The standard InChI is InChI=1S/C38H41F2N7O3/c1-5-47(6-2)18-17-43-38(50)34-23(3)32(45-24(34)4)21-29-27-13-11-25(20-33(27)46-37(29)49)9-7-15-41-35-28(10-8-16-42-35)36(48)44-22-26-12-14-30(39)31(40)19-26/h7-14,16,19-21,45H,5-6,15,17-18,22H2,1-4H3,(H,41,42)(H,43,50)(H,44,48)(H,46,49)/b9-7+,29-21-. The highest BCUT2D eigenvalue weighted by atomic mass is 19.2. The van der Waals surface area contributed by atoms with Gasteiger partial charge in [0.1, 0.15) is 5.82 Å². The molecule has 0 radical (unpaired) electrons. The summed E-state index contributed by atoms with van der Waals surface area (Å²) in [4.78, 5) is 48.7. The van der Waals surface area contributed by atoms with Gasteiger partial charge in [-0.1, -0.05) is 44.2 Å². The number of H-pyrrole nitrogens is 1. The van der Waals surface area contributed by atoms with E-state index >= 15 is 0 Å². The molecule has 5 N–H and O–H groups in total. The Balaban J connectivity index is 1.21. The van der Waals surface area contributed by atoms with Crippen molar-refractivity contribution < 1.29 is 23.2 Å². The predicted molar refractivity (Wildman–Crippen MR) is 193 cm³/mol. The van der Waals surface area contributed by atoms with E-state index in [-0.39, 0.29) is 18.4 Å². The second-order valence-corrected chi connectivity index (χ2v) is 11.9. The summed E-state index contributed by atoms with van der Waals surface area (Å²) < 4.78 is 26.7. The van der Waals surface area contributed by atoms with Crippen LogP contribution in [0.4, 0.5) is 20.3 Å². The second-order valence-electron chi connectivity index (χ2n) is 11.9. The van der Waals surface area contributed by atoms with Crippen molar-refractivity contribution in [3.05, 3.63) is 117 Å². The highest BCUT2D eigenvalue weighted by Gasteiger charge is 2.26. The lowest BCUT2D eigenvalue weighted by Crippen LogP contribution is -2.35. The first kappa shape index (κ1) is 35.7. The molecule has 0 bridgehead atoms. The Hall–Kier alpha value is -5.62. The van der Waals surface area contributed by atoms with Gasteiger partial charge in [-0.25, -0.2) is 13.8 Å². The van der Waals surface area contributed by atoms with Gasteiger partial charge in [0.05, 0.1) is 16.7 Å². The minimum atomic E-state index is -0.977. The van der Waals surface area contributed by atoms with Crippen LogP contribution in [-0.2, 0) is 11.3 Å². The lowest BCUT2D eigenvalue weighted by molar-refractivity contribution is -0.110. The summed E-state index contributed by atoms with van der Waals surface area (Å²) >= 11 is 0. The predicted octanol–water partition coefficient (Wildman–Crippen LogP) is 5.92. The number of benzene rings is 2. The quantitative estimate of drug-likeness (QED) is 0.105. The Bertz CT molecular complexity index is 1960. The first-order valence-electron chi connectivity index (χ1n) is 16.5. The fourth-order valence-corrected chi connectivity index (χ4v) is 5.83. The molecule has 1 aliphatic heterocycles. The molecule has 0 atom stereocenters. The van der Waals surface area contributed by atoms with E-state index in [1.807, 2.05) is 44.2 Å². The topological polar surface area (TPSA) is 131 Å². The van der Waals surface area contributed by atoms with E-state index in [1.54, 1.807) is 24.4 Å². The second kappa shape index (κ2) is 16.2. The average Bonchev–Trinajstić information content (AvgIpc) is 3.57. The van der Waals surface area contributed by atoms with E-state index < -0.39 is 17.5 Å². The summed E-state index contributed by atoms with van der Waals surface area (Å²) in [5, 5.41) is 11.8. The fourth-order valence-electron chi connectivity index (χ4n) is 5.83. The van der Waals surface area contributed by atoms with Crippen LogP contribution in [0.1, 0.15) is 68.2 Å². The third-order valence-corrected chi connectivity index (χ3v) is 8.61. The molecule has 1 aliphatic rings. The molecule has 0 fully saturated rings. The van der Waals surface area contributed by atoms with Crippen LogP contribution < -0.4 is 21.3 Å². The van der Waals surface area contributed by atoms with Crippen molar-refractivity contribution in [2.45, 2.75) is 34.2 Å². The zero-order valence-electron chi connectivity index (χ0n) is 28.5. The number of anilines is 2. The van der Waals surface area contributed by atoms with Crippen LogP contribution in [0.15, 0.2) is 60.8 Å². The maximum Gasteiger partial charge on any atom is 0.256 e. The highest BCUT2D eigenvalue weighted by Crippen LogP contribution is 2.35. The molecule has 0 saturated heterocycles. The van der Waals surface area contributed by atoms with Crippen LogP contribution in [0, 0.1) is 25.5 Å². The summed E-state index contributed by atoms with van der Waals surface area (Å²) in [7, 11) is 0. The number of fused-ring (bicyclic) bond motifs is 1. The summed E-state index contributed by atoms with van der Waals surface area (Å²) in [6, 6.07) is 12.4. The smallest absolute Gasteiger partial charge is 0.256 e. The van der Waals surface area contributed by atoms with Crippen molar-refractivity contribution in [3.63, 3.8) is 0 Å². The van der Waals surface area contributed by atoms with Crippen LogP contribution in [0.3, 0.4) is 0 Å². The van der Waals surface area contributed by atoms with E-state index in [4.69, 9.17) is 0 Å². The van der Waals surface area contributed by atoms with Crippen molar-refractivity contribution in [1.82, 2.24) is 25.5 Å². The van der Waals surface area contributed by atoms with Gasteiger partial charge in [0.2, 0.25) is 0 Å². The van der Waals surface area contributed by atoms with Crippen LogP contribution in [0.2, 0.25) is 0 Å². The molecule has 4 aromatic rings. The molecule has 0 unspecified atom stereocenters. The van der Waals surface area contributed by atoms with Crippen LogP contribution in [0.5, 0.6) is 0 Å². The van der Waals surface area contributed by atoms with Gasteiger partial charge in [-0.3, -0.25) is 14.4 Å². The summed E-state index contributed by atoms with van der Waals surface area (Å²) in [6.45, 7) is 11.5. The number of rotatable bonds is 14. The van der Waals surface area contributed by atoms with E-state index in [0.717, 1.165) is 54.2 Å². The molecular formula is C38H41F2N7O3. The number of aromatic nitrogens is 2. The van der Waals surface area contributed by atoms with Crippen LogP contribution in [-0.4, -0.2) is 65.3 Å². The van der Waals surface area contributed by atoms with Crippen LogP contribution >= 0.6 is 0 Å². The molecule has 3 heterocycles. The zero-order chi connectivity index (χ0) is 35.8. The van der Waals surface area contributed by atoms with Crippen molar-refractivity contribution in [2.24, 2.45) is 0 Å². The number of nitrogens with zero attached hydrogens (tertiary/aromatic N) is 2. The number of likely N-dealkylation sites (N-methyl/N-ethyl adjacent to an activating group) is 1. The van der Waals surface area contributed by atoms with E-state index in [1.165, 1.54) is 6.07 Å². The van der Waals surface area contributed by atoms with Gasteiger partial charge in [-0.15, -0.1) is 0 Å². The minimum absolute atomic E-state index is 0.0237. The third kappa shape index (κ3) is 8.32. The molecule has 2 aromatic carbocycles. The van der Waals surface area contributed by atoms with E-state index in [0.29, 0.717) is 52.6 Å². The molecule has 50 heavy (non-hydrogen) atoms. The van der Waals surface area contributed by atoms with Crippen molar-refractivity contribution in [3.8, 4) is 0 Å². The first-order valence-corrected chi connectivity index (χ1v) is 16.5. The summed E-state index contributed by atoms with van der Waals surface area (Å²) in [5.41, 5.74) is 6.33. The lowest BCUT2D eigenvalue weighted by Gasteiger charge is -2.18. The first-order chi connectivity index (χ1) is 24.1. The number of hydrogen-bond donors (Lipinski definition) is 5. The Morgan fingerprint density at radius 1 is 0.980 bits per heavy atom. The van der Waals surface area contributed by atoms with Gasteiger partial charge >= 0.3 is 0 Å². The highest BCUT2D eigenvalue weighted by molar-refractivity contribution is 6.35. The Morgan fingerprint density at radius 3 is 2.54 bits per heavy atom. The van der Waals surface area contributed by atoms with Crippen molar-refractivity contribution in [2.75, 3.05) is 43.4 Å². The maximum atomic E-state index is 13.5. The monoisotopic (exact) mass is 681 g/mol. The Labute approximate surface area is 290 Å². The molecule has 0 spiro atoms. The van der Waals surface area contributed by atoms with Gasteiger partial charge in [-0.05, 0) is 80.0 Å². The maximum absolute atomic E-state index is 13.5. The number of halogens is 2. The molecule has 260 valence electrons. The average molecular weight is 682 g/mol. The third-order valence-electron chi connectivity index (χ3n) is 8.61. The van der Waals surface area contributed by atoms with E-state index in [9.17, 15) is 23.2 Å². The Morgan fingerprint density at radius 2 is 1.78 bits per heavy atom. The molecule has 0 aliphatic carbocycles. The largest absolute Gasteiger partial charge is 0.366 e. The van der Waals surface area contributed by atoms with E-state index in [2.05, 4.69) is 50.0 Å². The summed E-state index contributed by atoms with van der Waals surface area (Å²) in [6.07, 6.45) is 7.10. The number of pyridine rings is 1. The molecule has 2 aromatic heterocycles. The zero-order valence-corrected chi connectivity index (χ0v) is 28.5.